The highest BCUT2D eigenvalue weighted by molar-refractivity contribution is 6.18. The van der Waals surface area contributed by atoms with Crippen molar-refractivity contribution in [1.82, 2.24) is 10.2 Å². The zero-order valence-corrected chi connectivity index (χ0v) is 16.5. The highest BCUT2D eigenvalue weighted by Gasteiger charge is 2.28. The third kappa shape index (κ3) is 5.26. The third-order valence-electron chi connectivity index (χ3n) is 4.93. The van der Waals surface area contributed by atoms with Crippen LogP contribution in [0.25, 0.3) is 0 Å². The molecule has 2 aromatic rings. The Morgan fingerprint density at radius 3 is 2.04 bits per heavy atom. The van der Waals surface area contributed by atoms with E-state index in [9.17, 15) is 9.59 Å². The Hall–Kier alpha value is -2.53. The van der Waals surface area contributed by atoms with Gasteiger partial charge in [0.05, 0.1) is 11.8 Å². The van der Waals surface area contributed by atoms with E-state index in [1.165, 1.54) is 0 Å². The van der Waals surface area contributed by atoms with Gasteiger partial charge in [-0.15, -0.1) is 11.6 Å². The molecule has 0 unspecified atom stereocenters. The molecule has 1 aliphatic rings. The fourth-order valence-corrected chi connectivity index (χ4v) is 3.57. The maximum Gasteiger partial charge on any atom is 0.409 e. The van der Waals surface area contributed by atoms with E-state index < -0.39 is 0 Å². The van der Waals surface area contributed by atoms with Crippen molar-refractivity contribution in [2.24, 2.45) is 0 Å². The minimum Gasteiger partial charge on any atom is -0.448 e. The molecule has 1 heterocycles. The third-order valence-corrected chi connectivity index (χ3v) is 5.08. The van der Waals surface area contributed by atoms with E-state index in [2.05, 4.69) is 5.32 Å². The molecule has 28 heavy (non-hydrogen) atoms. The number of nitrogens with zero attached hydrogens (tertiary/aromatic N) is 1. The van der Waals surface area contributed by atoms with Gasteiger partial charge in [-0.2, -0.15) is 0 Å². The number of nitrogens with one attached hydrogen (secondary N) is 1. The van der Waals surface area contributed by atoms with Crippen LogP contribution in [0.2, 0.25) is 0 Å². The molecule has 0 spiro atoms. The first kappa shape index (κ1) is 20.2. The van der Waals surface area contributed by atoms with Crippen molar-refractivity contribution in [2.75, 3.05) is 25.6 Å². The minimum absolute atomic E-state index is 0.0134. The van der Waals surface area contributed by atoms with Gasteiger partial charge in [0, 0.05) is 19.1 Å². The van der Waals surface area contributed by atoms with Crippen LogP contribution in [0.4, 0.5) is 4.79 Å². The van der Waals surface area contributed by atoms with Gasteiger partial charge in [0.25, 0.3) is 0 Å². The average molecular weight is 401 g/mol. The molecule has 0 aromatic heterocycles. The molecule has 3 rings (SSSR count). The standard InChI is InChI=1S/C22H25ClN2O3/c23-13-16-28-22(27)25-14-11-19(12-15-25)24-21(26)20(17-7-3-1-4-8-17)18-9-5-2-6-10-18/h1-10,19-20H,11-16H2,(H,24,26). The molecular weight excluding hydrogens is 376 g/mol. The van der Waals surface area contributed by atoms with Crippen LogP contribution >= 0.6 is 11.6 Å². The number of carbonyl (C=O) groups is 2. The summed E-state index contributed by atoms with van der Waals surface area (Å²) in [5.74, 6) is -0.0757. The fourth-order valence-electron chi connectivity index (χ4n) is 3.49. The fraction of sp³-hybridized carbons (Fsp3) is 0.364. The van der Waals surface area contributed by atoms with E-state index in [1.807, 2.05) is 60.7 Å². The van der Waals surface area contributed by atoms with Gasteiger partial charge in [-0.25, -0.2) is 4.79 Å². The number of likely N-dealkylation sites (tertiary alicyclic amines) is 1. The molecule has 0 aliphatic carbocycles. The molecule has 5 nitrogen and oxygen atoms in total. The SMILES string of the molecule is O=C(NC1CCN(C(=O)OCCCl)CC1)C(c1ccccc1)c1ccccc1. The van der Waals surface area contributed by atoms with Crippen LogP contribution in [0, 0.1) is 0 Å². The van der Waals surface area contributed by atoms with Crippen molar-refractivity contribution in [2.45, 2.75) is 24.8 Å². The summed E-state index contributed by atoms with van der Waals surface area (Å²) in [6, 6.07) is 19.6. The second-order valence-corrected chi connectivity index (χ2v) is 7.21. The van der Waals surface area contributed by atoms with Crippen LogP contribution in [-0.2, 0) is 9.53 Å². The van der Waals surface area contributed by atoms with Crippen LogP contribution in [-0.4, -0.2) is 48.5 Å². The second-order valence-electron chi connectivity index (χ2n) is 6.83. The Balaban J connectivity index is 1.63. The number of amides is 2. The normalized spacial score (nSPS) is 14.7. The molecule has 1 saturated heterocycles. The van der Waals surface area contributed by atoms with E-state index in [0.717, 1.165) is 11.1 Å². The number of hydrogen-bond acceptors (Lipinski definition) is 3. The number of halogens is 1. The number of rotatable bonds is 6. The maximum atomic E-state index is 13.1. The van der Waals surface area contributed by atoms with Gasteiger partial charge >= 0.3 is 6.09 Å². The molecule has 1 aliphatic heterocycles. The molecule has 0 atom stereocenters. The number of ether oxygens (including phenoxy) is 1. The summed E-state index contributed by atoms with van der Waals surface area (Å²) in [6.45, 7) is 1.34. The first-order chi connectivity index (χ1) is 13.7. The van der Waals surface area contributed by atoms with Gasteiger partial charge in [0.1, 0.15) is 6.61 Å². The topological polar surface area (TPSA) is 58.6 Å². The Morgan fingerprint density at radius 2 is 1.54 bits per heavy atom. The van der Waals surface area contributed by atoms with Gasteiger partial charge in [0.2, 0.25) is 5.91 Å². The van der Waals surface area contributed by atoms with Crippen molar-refractivity contribution in [1.29, 1.82) is 0 Å². The van der Waals surface area contributed by atoms with Crippen molar-refractivity contribution in [3.8, 4) is 0 Å². The zero-order chi connectivity index (χ0) is 19.8. The number of piperidine rings is 1. The van der Waals surface area contributed by atoms with Crippen LogP contribution in [0.15, 0.2) is 60.7 Å². The quantitative estimate of drug-likeness (QED) is 0.751. The smallest absolute Gasteiger partial charge is 0.409 e. The van der Waals surface area contributed by atoms with Crippen LogP contribution in [0.5, 0.6) is 0 Å². The maximum absolute atomic E-state index is 13.1. The highest BCUT2D eigenvalue weighted by atomic mass is 35.5. The van der Waals surface area contributed by atoms with E-state index >= 15 is 0 Å². The lowest BCUT2D eigenvalue weighted by atomic mass is 9.90. The number of benzene rings is 2. The Morgan fingerprint density at radius 1 is 1.00 bits per heavy atom. The van der Waals surface area contributed by atoms with Crippen LogP contribution in [0.3, 0.4) is 0 Å². The molecule has 1 fully saturated rings. The molecule has 0 saturated carbocycles. The number of hydrogen-bond donors (Lipinski definition) is 1. The van der Waals surface area contributed by atoms with E-state index in [1.54, 1.807) is 4.90 Å². The summed E-state index contributed by atoms with van der Waals surface area (Å²) < 4.78 is 5.07. The molecular formula is C22H25ClN2O3. The van der Waals surface area contributed by atoms with E-state index in [0.29, 0.717) is 31.8 Å². The summed E-state index contributed by atoms with van der Waals surface area (Å²) in [7, 11) is 0. The van der Waals surface area contributed by atoms with Gasteiger partial charge < -0.3 is 15.0 Å². The lowest BCUT2D eigenvalue weighted by Gasteiger charge is -2.32. The summed E-state index contributed by atoms with van der Waals surface area (Å²) in [5.41, 5.74) is 1.93. The van der Waals surface area contributed by atoms with E-state index in [4.69, 9.17) is 16.3 Å². The predicted molar refractivity (Wildman–Crippen MR) is 110 cm³/mol. The van der Waals surface area contributed by atoms with Gasteiger partial charge in [0.15, 0.2) is 0 Å². The second kappa shape index (κ2) is 10.1. The number of carbonyl (C=O) groups excluding carboxylic acids is 2. The molecule has 0 radical (unpaired) electrons. The lowest BCUT2D eigenvalue weighted by molar-refractivity contribution is -0.122. The summed E-state index contributed by atoms with van der Waals surface area (Å²) in [4.78, 5) is 26.7. The Kier molecular flexibility index (Phi) is 7.31. The van der Waals surface area contributed by atoms with Gasteiger partial charge in [-0.3, -0.25) is 4.79 Å². The van der Waals surface area contributed by atoms with Crippen molar-refractivity contribution < 1.29 is 14.3 Å². The van der Waals surface area contributed by atoms with Crippen molar-refractivity contribution >= 4 is 23.6 Å². The Bertz CT molecular complexity index is 722. The monoisotopic (exact) mass is 400 g/mol. The van der Waals surface area contributed by atoms with Gasteiger partial charge in [-0.1, -0.05) is 60.7 Å². The molecule has 2 amide bonds. The lowest BCUT2D eigenvalue weighted by Crippen LogP contribution is -2.47. The van der Waals surface area contributed by atoms with Crippen molar-refractivity contribution in [3.63, 3.8) is 0 Å². The molecule has 148 valence electrons. The molecule has 1 N–H and O–H groups in total. The van der Waals surface area contributed by atoms with Crippen LogP contribution in [0.1, 0.15) is 29.9 Å². The first-order valence-corrected chi connectivity index (χ1v) is 10.1. The van der Waals surface area contributed by atoms with Crippen LogP contribution < -0.4 is 5.32 Å². The zero-order valence-electron chi connectivity index (χ0n) is 15.7. The summed E-state index contributed by atoms with van der Waals surface area (Å²) in [6.07, 6.45) is 1.08. The average Bonchev–Trinajstić information content (AvgIpc) is 2.74. The van der Waals surface area contributed by atoms with Crippen molar-refractivity contribution in [3.05, 3.63) is 71.8 Å². The van der Waals surface area contributed by atoms with Gasteiger partial charge in [-0.05, 0) is 24.0 Å². The Labute approximate surface area is 170 Å². The largest absolute Gasteiger partial charge is 0.448 e. The molecule has 6 heteroatoms. The molecule has 0 bridgehead atoms. The predicted octanol–water partition coefficient (Wildman–Crippen LogP) is 3.77. The minimum atomic E-state index is -0.353. The summed E-state index contributed by atoms with van der Waals surface area (Å²) in [5, 5.41) is 3.18. The molecule has 2 aromatic carbocycles. The van der Waals surface area contributed by atoms with E-state index in [-0.39, 0.29) is 30.6 Å². The highest BCUT2D eigenvalue weighted by Crippen LogP contribution is 2.25. The number of alkyl halides is 1. The first-order valence-electron chi connectivity index (χ1n) is 9.57. The summed E-state index contributed by atoms with van der Waals surface area (Å²) >= 11 is 5.55.